The molecule has 0 amide bonds. The van der Waals surface area contributed by atoms with E-state index in [4.69, 9.17) is 5.73 Å². The van der Waals surface area contributed by atoms with Crippen molar-refractivity contribution in [3.8, 4) is 0 Å². The Hall–Kier alpha value is -0.620. The maximum absolute atomic E-state index is 12.9. The summed E-state index contributed by atoms with van der Waals surface area (Å²) in [6.45, 7) is -0.286. The van der Waals surface area contributed by atoms with Crippen molar-refractivity contribution in [2.45, 2.75) is 13.0 Å². The minimum absolute atomic E-state index is 0.0394. The van der Waals surface area contributed by atoms with Gasteiger partial charge in [0.15, 0.2) is 0 Å². The van der Waals surface area contributed by atoms with Crippen molar-refractivity contribution in [2.75, 3.05) is 0 Å². The fourth-order valence-corrected chi connectivity index (χ4v) is 1.33. The van der Waals surface area contributed by atoms with Crippen LogP contribution >= 0.6 is 15.9 Å². The fraction of sp³-hybridized carbons (Fsp3) is 0.286. The molecule has 1 heterocycles. The average Bonchev–Trinajstić information content (AvgIpc) is 2.02. The van der Waals surface area contributed by atoms with Gasteiger partial charge >= 0.3 is 0 Å². The molecule has 0 aromatic carbocycles. The van der Waals surface area contributed by atoms with Crippen LogP contribution in [0.2, 0.25) is 0 Å². The first-order chi connectivity index (χ1) is 6.06. The zero-order valence-electron chi connectivity index (χ0n) is 6.40. The van der Waals surface area contributed by atoms with Gasteiger partial charge in [-0.15, -0.1) is 0 Å². The molecule has 0 spiro atoms. The number of halogens is 4. The van der Waals surface area contributed by atoms with Crippen molar-refractivity contribution >= 4 is 15.9 Å². The van der Waals surface area contributed by atoms with Crippen LogP contribution in [0.25, 0.3) is 0 Å². The zero-order valence-corrected chi connectivity index (χ0v) is 7.98. The van der Waals surface area contributed by atoms with E-state index in [9.17, 15) is 13.2 Å². The summed E-state index contributed by atoms with van der Waals surface area (Å²) < 4.78 is 37.6. The minimum atomic E-state index is -2.74. The highest BCUT2D eigenvalue weighted by Gasteiger charge is 2.17. The molecule has 0 fully saturated rings. The molecule has 6 heteroatoms. The first-order valence-electron chi connectivity index (χ1n) is 3.39. The Morgan fingerprint density at radius 3 is 2.62 bits per heavy atom. The molecule has 0 bridgehead atoms. The Kier molecular flexibility index (Phi) is 3.27. The van der Waals surface area contributed by atoms with Crippen molar-refractivity contribution in [2.24, 2.45) is 5.73 Å². The Morgan fingerprint density at radius 2 is 2.15 bits per heavy atom. The molecule has 2 nitrogen and oxygen atoms in total. The topological polar surface area (TPSA) is 38.9 Å². The van der Waals surface area contributed by atoms with Gasteiger partial charge in [0.1, 0.15) is 4.60 Å². The van der Waals surface area contributed by atoms with Gasteiger partial charge < -0.3 is 5.73 Å². The van der Waals surface area contributed by atoms with Crippen molar-refractivity contribution in [1.82, 2.24) is 4.98 Å². The molecule has 0 unspecified atom stereocenters. The standard InChI is InChI=1S/C7H6BrF3N2/c8-5-1-3(6(9)10)4(2-12)7(11)13-5/h1,6H,2,12H2. The molecule has 13 heavy (non-hydrogen) atoms. The van der Waals surface area contributed by atoms with Gasteiger partial charge in [-0.3, -0.25) is 0 Å². The lowest BCUT2D eigenvalue weighted by Gasteiger charge is -2.07. The van der Waals surface area contributed by atoms with E-state index < -0.39 is 17.9 Å². The van der Waals surface area contributed by atoms with Gasteiger partial charge in [-0.25, -0.2) is 13.8 Å². The summed E-state index contributed by atoms with van der Waals surface area (Å²) in [5, 5.41) is 0. The average molecular weight is 255 g/mol. The van der Waals surface area contributed by atoms with Crippen LogP contribution in [0, 0.1) is 5.95 Å². The SMILES string of the molecule is NCc1c(C(F)F)cc(Br)nc1F. The Balaban J connectivity index is 3.29. The number of nitrogens with two attached hydrogens (primary N) is 1. The second-order valence-corrected chi connectivity index (χ2v) is 3.12. The summed E-state index contributed by atoms with van der Waals surface area (Å²) in [4.78, 5) is 3.32. The minimum Gasteiger partial charge on any atom is -0.326 e. The summed E-state index contributed by atoms with van der Waals surface area (Å²) in [5.74, 6) is -0.952. The first kappa shape index (κ1) is 10.5. The van der Waals surface area contributed by atoms with Crippen LogP contribution in [0.5, 0.6) is 0 Å². The first-order valence-corrected chi connectivity index (χ1v) is 4.18. The Bertz CT molecular complexity index is 317. The van der Waals surface area contributed by atoms with E-state index in [-0.39, 0.29) is 16.7 Å². The molecule has 0 aliphatic carbocycles. The maximum atomic E-state index is 12.9. The molecule has 2 N–H and O–H groups in total. The van der Waals surface area contributed by atoms with E-state index in [1.54, 1.807) is 0 Å². The molecule has 0 aliphatic heterocycles. The monoisotopic (exact) mass is 254 g/mol. The van der Waals surface area contributed by atoms with Crippen LogP contribution in [-0.2, 0) is 6.54 Å². The molecular formula is C7H6BrF3N2. The summed E-state index contributed by atoms with van der Waals surface area (Å²) >= 11 is 2.82. The number of nitrogens with zero attached hydrogens (tertiary/aromatic N) is 1. The summed E-state index contributed by atoms with van der Waals surface area (Å²) in [6, 6.07) is 1.07. The number of hydrogen-bond acceptors (Lipinski definition) is 2. The summed E-state index contributed by atoms with van der Waals surface area (Å²) in [5.41, 5.74) is 4.46. The van der Waals surface area contributed by atoms with Gasteiger partial charge in [-0.05, 0) is 22.0 Å². The summed E-state index contributed by atoms with van der Waals surface area (Å²) in [6.07, 6.45) is -2.74. The van der Waals surface area contributed by atoms with Crippen LogP contribution < -0.4 is 5.73 Å². The zero-order chi connectivity index (χ0) is 10.0. The van der Waals surface area contributed by atoms with Crippen molar-refractivity contribution in [3.05, 3.63) is 27.7 Å². The third-order valence-corrected chi connectivity index (χ3v) is 1.92. The fourth-order valence-electron chi connectivity index (χ4n) is 0.925. The number of rotatable bonds is 2. The van der Waals surface area contributed by atoms with Gasteiger partial charge in [0.25, 0.3) is 6.43 Å². The molecular weight excluding hydrogens is 249 g/mol. The highest BCUT2D eigenvalue weighted by atomic mass is 79.9. The van der Waals surface area contributed by atoms with Crippen molar-refractivity contribution < 1.29 is 13.2 Å². The van der Waals surface area contributed by atoms with Gasteiger partial charge in [-0.2, -0.15) is 4.39 Å². The van der Waals surface area contributed by atoms with E-state index in [0.29, 0.717) is 0 Å². The van der Waals surface area contributed by atoms with Crippen LogP contribution in [0.3, 0.4) is 0 Å². The number of alkyl halides is 2. The highest BCUT2D eigenvalue weighted by molar-refractivity contribution is 9.10. The molecule has 72 valence electrons. The molecule has 1 rings (SSSR count). The lowest BCUT2D eigenvalue weighted by molar-refractivity contribution is 0.149. The molecule has 0 radical (unpaired) electrons. The van der Waals surface area contributed by atoms with Crippen LogP contribution in [0.15, 0.2) is 10.7 Å². The van der Waals surface area contributed by atoms with E-state index in [1.165, 1.54) is 0 Å². The predicted molar refractivity (Wildman–Crippen MR) is 44.7 cm³/mol. The normalized spacial score (nSPS) is 10.9. The van der Waals surface area contributed by atoms with Crippen molar-refractivity contribution in [3.63, 3.8) is 0 Å². The molecule has 0 aliphatic rings. The number of pyridine rings is 1. The Labute approximate surface area is 81.1 Å². The van der Waals surface area contributed by atoms with Crippen LogP contribution in [-0.4, -0.2) is 4.98 Å². The second kappa shape index (κ2) is 4.06. The second-order valence-electron chi connectivity index (χ2n) is 2.31. The molecule has 0 atom stereocenters. The van der Waals surface area contributed by atoms with Gasteiger partial charge in [-0.1, -0.05) is 0 Å². The summed E-state index contributed by atoms with van der Waals surface area (Å²) in [7, 11) is 0. The third-order valence-electron chi connectivity index (χ3n) is 1.52. The highest BCUT2D eigenvalue weighted by Crippen LogP contribution is 2.26. The smallest absolute Gasteiger partial charge is 0.264 e. The van der Waals surface area contributed by atoms with Gasteiger partial charge in [0.05, 0.1) is 0 Å². The molecule has 0 saturated carbocycles. The third kappa shape index (κ3) is 2.19. The lowest BCUT2D eigenvalue weighted by Crippen LogP contribution is -2.07. The number of aromatic nitrogens is 1. The molecule has 0 saturated heterocycles. The van der Waals surface area contributed by atoms with E-state index >= 15 is 0 Å². The molecule has 1 aromatic heterocycles. The Morgan fingerprint density at radius 1 is 1.54 bits per heavy atom. The van der Waals surface area contributed by atoms with E-state index in [0.717, 1.165) is 6.07 Å². The van der Waals surface area contributed by atoms with Crippen molar-refractivity contribution in [1.29, 1.82) is 0 Å². The van der Waals surface area contributed by atoms with Crippen LogP contribution in [0.4, 0.5) is 13.2 Å². The largest absolute Gasteiger partial charge is 0.326 e. The molecule has 1 aromatic rings. The van der Waals surface area contributed by atoms with E-state index in [1.807, 2.05) is 0 Å². The van der Waals surface area contributed by atoms with E-state index in [2.05, 4.69) is 20.9 Å². The number of hydrogen-bond donors (Lipinski definition) is 1. The van der Waals surface area contributed by atoms with Gasteiger partial charge in [0, 0.05) is 17.7 Å². The lowest BCUT2D eigenvalue weighted by atomic mass is 10.1. The maximum Gasteiger partial charge on any atom is 0.264 e. The van der Waals surface area contributed by atoms with Gasteiger partial charge in [0.2, 0.25) is 5.95 Å². The quantitative estimate of drug-likeness (QED) is 0.824. The predicted octanol–water partition coefficient (Wildman–Crippen LogP) is 2.38. The van der Waals surface area contributed by atoms with Crippen LogP contribution in [0.1, 0.15) is 17.6 Å².